The summed E-state index contributed by atoms with van der Waals surface area (Å²) in [6, 6.07) is 1.93. The molecule has 3 heterocycles. The van der Waals surface area contributed by atoms with Crippen LogP contribution in [0.2, 0.25) is 0 Å². The van der Waals surface area contributed by atoms with Gasteiger partial charge >= 0.3 is 6.18 Å². The van der Waals surface area contributed by atoms with Gasteiger partial charge in [0.2, 0.25) is 11.8 Å². The van der Waals surface area contributed by atoms with Crippen molar-refractivity contribution in [1.82, 2.24) is 29.5 Å². The highest BCUT2D eigenvalue weighted by Gasteiger charge is 2.36. The van der Waals surface area contributed by atoms with E-state index in [4.69, 9.17) is 0 Å². The molecule has 0 atom stereocenters. The molecule has 0 unspecified atom stereocenters. The van der Waals surface area contributed by atoms with Gasteiger partial charge in [-0.1, -0.05) is 0 Å². The Bertz CT molecular complexity index is 931. The number of fused-ring (bicyclic) bond motifs is 1. The van der Waals surface area contributed by atoms with Crippen molar-refractivity contribution in [1.29, 1.82) is 0 Å². The second-order valence-corrected chi connectivity index (χ2v) is 5.59. The molecular formula is C14H13F3N8. The van der Waals surface area contributed by atoms with Crippen molar-refractivity contribution < 1.29 is 13.2 Å². The third-order valence-electron chi connectivity index (χ3n) is 3.68. The Kier molecular flexibility index (Phi) is 3.44. The Labute approximate surface area is 139 Å². The lowest BCUT2D eigenvalue weighted by Crippen LogP contribution is -2.14. The maximum atomic E-state index is 13.1. The van der Waals surface area contributed by atoms with Gasteiger partial charge in [0.05, 0.1) is 0 Å². The van der Waals surface area contributed by atoms with Crippen LogP contribution in [0.25, 0.3) is 17.0 Å². The Balaban J connectivity index is 1.84. The number of hydrogen-bond donors (Lipinski definition) is 2. The standard InChI is InChI=1S/C14H13F3N8/c1-18-10-9-11(24-12(23-10)14(15,16)17)25(6-20-9)8-4-5-19-13(22-8)21-7-2-3-7/h4-7H,2-3H2,1H3,(H,18,23,24)(H,19,21,22). The van der Waals surface area contributed by atoms with Crippen LogP contribution >= 0.6 is 0 Å². The van der Waals surface area contributed by atoms with Crippen molar-refractivity contribution >= 4 is 22.9 Å². The molecule has 3 aromatic heterocycles. The molecule has 1 aliphatic carbocycles. The van der Waals surface area contributed by atoms with Crippen molar-refractivity contribution in [2.45, 2.75) is 25.1 Å². The number of alkyl halides is 3. The maximum Gasteiger partial charge on any atom is 0.451 e. The van der Waals surface area contributed by atoms with Crippen LogP contribution < -0.4 is 10.6 Å². The quantitative estimate of drug-likeness (QED) is 0.745. The lowest BCUT2D eigenvalue weighted by Gasteiger charge is -2.09. The van der Waals surface area contributed by atoms with Crippen molar-refractivity contribution in [2.75, 3.05) is 17.7 Å². The van der Waals surface area contributed by atoms with Crippen LogP contribution in [0.15, 0.2) is 18.6 Å². The van der Waals surface area contributed by atoms with E-state index in [1.807, 2.05) is 0 Å². The fourth-order valence-corrected chi connectivity index (χ4v) is 2.33. The first kappa shape index (κ1) is 15.5. The van der Waals surface area contributed by atoms with Gasteiger partial charge in [-0.3, -0.25) is 4.57 Å². The van der Waals surface area contributed by atoms with Gasteiger partial charge < -0.3 is 10.6 Å². The van der Waals surface area contributed by atoms with E-state index < -0.39 is 12.0 Å². The van der Waals surface area contributed by atoms with Gasteiger partial charge in [-0.05, 0) is 18.9 Å². The average Bonchev–Trinajstić information content (AvgIpc) is 3.28. The first-order chi connectivity index (χ1) is 12.0. The summed E-state index contributed by atoms with van der Waals surface area (Å²) in [6.07, 6.45) is 0.330. The van der Waals surface area contributed by atoms with Crippen LogP contribution in [0.5, 0.6) is 0 Å². The normalized spacial score (nSPS) is 14.7. The van der Waals surface area contributed by atoms with E-state index in [1.54, 1.807) is 6.07 Å². The zero-order valence-corrected chi connectivity index (χ0v) is 13.0. The highest BCUT2D eigenvalue weighted by Crippen LogP contribution is 2.30. The number of rotatable bonds is 4. The topological polar surface area (TPSA) is 93.4 Å². The molecule has 1 fully saturated rings. The number of nitrogens with zero attached hydrogens (tertiary/aromatic N) is 6. The molecule has 0 aromatic carbocycles. The Morgan fingerprint density at radius 2 is 1.96 bits per heavy atom. The molecule has 0 aliphatic heterocycles. The average molecular weight is 350 g/mol. The molecule has 1 aliphatic rings. The van der Waals surface area contributed by atoms with E-state index in [2.05, 4.69) is 35.6 Å². The lowest BCUT2D eigenvalue weighted by molar-refractivity contribution is -0.144. The molecule has 1 saturated carbocycles. The lowest BCUT2D eigenvalue weighted by atomic mass is 10.4. The van der Waals surface area contributed by atoms with Crippen molar-refractivity contribution in [3.8, 4) is 5.82 Å². The third-order valence-corrected chi connectivity index (χ3v) is 3.68. The second kappa shape index (κ2) is 5.53. The summed E-state index contributed by atoms with van der Waals surface area (Å²) in [6.45, 7) is 0. The SMILES string of the molecule is CNc1nc(C(F)(F)F)nc2c1ncn2-c1ccnc(NC2CC2)n1. The monoisotopic (exact) mass is 350 g/mol. The van der Waals surface area contributed by atoms with E-state index in [1.165, 1.54) is 24.1 Å². The van der Waals surface area contributed by atoms with Gasteiger partial charge in [0.25, 0.3) is 0 Å². The van der Waals surface area contributed by atoms with Crippen molar-refractivity contribution in [2.24, 2.45) is 0 Å². The van der Waals surface area contributed by atoms with Crippen LogP contribution in [0, 0.1) is 0 Å². The number of nitrogens with one attached hydrogen (secondary N) is 2. The zero-order valence-electron chi connectivity index (χ0n) is 13.0. The molecular weight excluding hydrogens is 337 g/mol. The fourth-order valence-electron chi connectivity index (χ4n) is 2.33. The highest BCUT2D eigenvalue weighted by molar-refractivity contribution is 5.84. The van der Waals surface area contributed by atoms with E-state index in [9.17, 15) is 13.2 Å². The summed E-state index contributed by atoms with van der Waals surface area (Å²) < 4.78 is 40.6. The van der Waals surface area contributed by atoms with Gasteiger partial charge in [0.1, 0.15) is 12.1 Å². The molecule has 0 radical (unpaired) electrons. The third kappa shape index (κ3) is 2.92. The molecule has 0 amide bonds. The van der Waals surface area contributed by atoms with Gasteiger partial charge in [0, 0.05) is 19.3 Å². The van der Waals surface area contributed by atoms with Crippen LogP contribution in [0.1, 0.15) is 18.7 Å². The number of imidazole rings is 1. The zero-order chi connectivity index (χ0) is 17.6. The smallest absolute Gasteiger partial charge is 0.371 e. The van der Waals surface area contributed by atoms with Crippen LogP contribution in [0.4, 0.5) is 24.9 Å². The van der Waals surface area contributed by atoms with E-state index in [0.29, 0.717) is 17.8 Å². The molecule has 11 heteroatoms. The minimum Gasteiger partial charge on any atom is -0.371 e. The molecule has 0 bridgehead atoms. The second-order valence-electron chi connectivity index (χ2n) is 5.59. The van der Waals surface area contributed by atoms with Crippen LogP contribution in [-0.4, -0.2) is 42.6 Å². The van der Waals surface area contributed by atoms with E-state index in [0.717, 1.165) is 12.8 Å². The minimum absolute atomic E-state index is 0.00135. The van der Waals surface area contributed by atoms with Crippen molar-refractivity contribution in [3.63, 3.8) is 0 Å². The van der Waals surface area contributed by atoms with Gasteiger partial charge in [-0.25, -0.2) is 19.9 Å². The largest absolute Gasteiger partial charge is 0.451 e. The predicted molar refractivity (Wildman–Crippen MR) is 83.4 cm³/mol. The molecule has 2 N–H and O–H groups in total. The van der Waals surface area contributed by atoms with Crippen LogP contribution in [-0.2, 0) is 6.18 Å². The highest BCUT2D eigenvalue weighted by atomic mass is 19.4. The summed E-state index contributed by atoms with van der Waals surface area (Å²) in [5, 5.41) is 5.76. The van der Waals surface area contributed by atoms with E-state index in [-0.39, 0.29) is 17.0 Å². The number of anilines is 2. The summed E-state index contributed by atoms with van der Waals surface area (Å²) in [7, 11) is 1.48. The first-order valence-corrected chi connectivity index (χ1v) is 7.55. The summed E-state index contributed by atoms with van der Waals surface area (Å²) in [4.78, 5) is 19.7. The molecule has 130 valence electrons. The number of hydrogen-bond acceptors (Lipinski definition) is 7. The minimum atomic E-state index is -4.67. The predicted octanol–water partition coefficient (Wildman–Crippen LogP) is 2.24. The Morgan fingerprint density at radius 1 is 1.16 bits per heavy atom. The summed E-state index contributed by atoms with van der Waals surface area (Å²) >= 11 is 0. The Hall–Kier alpha value is -2.98. The molecule has 8 nitrogen and oxygen atoms in total. The van der Waals surface area contributed by atoms with Gasteiger partial charge in [-0.15, -0.1) is 0 Å². The number of aromatic nitrogens is 6. The molecule has 0 spiro atoms. The van der Waals surface area contributed by atoms with E-state index >= 15 is 0 Å². The van der Waals surface area contributed by atoms with Crippen molar-refractivity contribution in [3.05, 3.63) is 24.4 Å². The molecule has 4 rings (SSSR count). The number of halogens is 3. The summed E-state index contributed by atoms with van der Waals surface area (Å²) in [5.74, 6) is -0.451. The van der Waals surface area contributed by atoms with Crippen LogP contribution in [0.3, 0.4) is 0 Å². The fraction of sp³-hybridized carbons (Fsp3) is 0.357. The first-order valence-electron chi connectivity index (χ1n) is 7.55. The van der Waals surface area contributed by atoms with Gasteiger partial charge in [0.15, 0.2) is 17.0 Å². The maximum absolute atomic E-state index is 13.1. The molecule has 25 heavy (non-hydrogen) atoms. The Morgan fingerprint density at radius 3 is 2.64 bits per heavy atom. The summed E-state index contributed by atoms with van der Waals surface area (Å²) in [5.41, 5.74) is 0.244. The molecule has 3 aromatic rings. The molecule has 0 saturated heterocycles. The van der Waals surface area contributed by atoms with Gasteiger partial charge in [-0.2, -0.15) is 18.2 Å².